The number of nitrogens with one attached hydrogen (secondary N) is 1. The maximum absolute atomic E-state index is 5.00. The molecule has 0 atom stereocenters. The highest BCUT2D eigenvalue weighted by molar-refractivity contribution is 6.17. The molecule has 1 aromatic heterocycles. The molecule has 8 heavy (non-hydrogen) atoms. The van der Waals surface area contributed by atoms with Crippen molar-refractivity contribution in [3.05, 3.63) is 18.7 Å². The van der Waals surface area contributed by atoms with E-state index in [0.717, 1.165) is 5.88 Å². The average Bonchev–Trinajstić information content (AvgIpc) is 2.17. The summed E-state index contributed by atoms with van der Waals surface area (Å²) < 4.78 is 0. The number of aromatic nitrogens is 2. The number of aromatic amines is 1. The largest absolute Gasteiger partial charge is 0.351 e. The number of alkyl halides is 1. The molecule has 1 aromatic rings. The van der Waals surface area contributed by atoms with Gasteiger partial charge in [0.25, 0.3) is 0 Å². The van der Waals surface area contributed by atoms with Gasteiger partial charge in [0.1, 0.15) is 0 Å². The highest BCUT2D eigenvalue weighted by atomic mass is 35.5. The summed E-state index contributed by atoms with van der Waals surface area (Å²) in [6, 6.07) is 0. The Morgan fingerprint density at radius 2 is 2.38 bits per heavy atom. The lowest BCUT2D eigenvalue weighted by Gasteiger charge is -1.46. The molecule has 0 aliphatic carbocycles. The molecular weight excluding hydrogens is 124 g/mol. The third kappa shape index (κ3) is 5.50. The Hall–Kier alpha value is -0.500. The van der Waals surface area contributed by atoms with Crippen LogP contribution in [0.5, 0.6) is 0 Å². The van der Waals surface area contributed by atoms with Crippen LogP contribution in [0.25, 0.3) is 0 Å². The number of H-pyrrole nitrogens is 1. The van der Waals surface area contributed by atoms with Crippen molar-refractivity contribution < 1.29 is 0 Å². The first kappa shape index (κ1) is 7.50. The van der Waals surface area contributed by atoms with Gasteiger partial charge in [-0.1, -0.05) is 6.92 Å². The molecule has 0 saturated heterocycles. The van der Waals surface area contributed by atoms with E-state index >= 15 is 0 Å². The molecule has 46 valence electrons. The lowest BCUT2D eigenvalue weighted by Crippen LogP contribution is -1.44. The van der Waals surface area contributed by atoms with Crippen LogP contribution >= 0.6 is 11.6 Å². The molecule has 0 fully saturated rings. The average molecular weight is 133 g/mol. The van der Waals surface area contributed by atoms with Crippen molar-refractivity contribution in [1.82, 2.24) is 9.97 Å². The Bertz CT molecular complexity index is 77.3. The maximum Gasteiger partial charge on any atom is 0.0919 e. The zero-order valence-electron chi connectivity index (χ0n) is 4.76. The summed E-state index contributed by atoms with van der Waals surface area (Å²) in [6.07, 6.45) is 5.08. The van der Waals surface area contributed by atoms with Crippen LogP contribution in [0.15, 0.2) is 18.7 Å². The highest BCUT2D eigenvalue weighted by Crippen LogP contribution is 1.62. The molecule has 0 radical (unpaired) electrons. The second-order valence-electron chi connectivity index (χ2n) is 1.03. The van der Waals surface area contributed by atoms with Crippen LogP contribution < -0.4 is 0 Å². The predicted molar refractivity (Wildman–Crippen MR) is 35.0 cm³/mol. The lowest BCUT2D eigenvalue weighted by molar-refractivity contribution is 1.31. The summed E-state index contributed by atoms with van der Waals surface area (Å²) in [6.45, 7) is 1.89. The van der Waals surface area contributed by atoms with Crippen LogP contribution in [0.2, 0.25) is 0 Å². The maximum atomic E-state index is 5.00. The minimum absolute atomic E-state index is 0.722. The lowest BCUT2D eigenvalue weighted by atomic mass is 11.0. The first-order chi connectivity index (χ1) is 3.91. The molecule has 0 unspecified atom stereocenters. The molecule has 0 aliphatic heterocycles. The summed E-state index contributed by atoms with van der Waals surface area (Å²) >= 11 is 5.00. The number of halogens is 1. The SMILES string of the molecule is CCCl.c1c[nH]cn1. The van der Waals surface area contributed by atoms with Gasteiger partial charge in [-0.15, -0.1) is 11.6 Å². The standard InChI is InChI=1S/C3H4N2.C2H5Cl/c1-2-5-3-4-1;1-2-3/h1-3H,(H,4,5);2H2,1H3. The van der Waals surface area contributed by atoms with Crippen molar-refractivity contribution in [2.75, 3.05) is 5.88 Å². The van der Waals surface area contributed by atoms with Crippen LogP contribution in [0.4, 0.5) is 0 Å². The van der Waals surface area contributed by atoms with Crippen LogP contribution in [-0.2, 0) is 0 Å². The van der Waals surface area contributed by atoms with E-state index in [1.807, 2.05) is 6.92 Å². The summed E-state index contributed by atoms with van der Waals surface area (Å²) in [5.74, 6) is 0.722. The van der Waals surface area contributed by atoms with Gasteiger partial charge < -0.3 is 4.98 Å². The summed E-state index contributed by atoms with van der Waals surface area (Å²) in [5.41, 5.74) is 0. The van der Waals surface area contributed by atoms with Gasteiger partial charge in [-0.05, 0) is 0 Å². The molecule has 1 N–H and O–H groups in total. The van der Waals surface area contributed by atoms with Gasteiger partial charge in [-0.2, -0.15) is 0 Å². The molecule has 2 nitrogen and oxygen atoms in total. The van der Waals surface area contributed by atoms with Gasteiger partial charge in [0, 0.05) is 18.3 Å². The molecule has 0 spiro atoms. The molecule has 3 heteroatoms. The molecule has 0 aromatic carbocycles. The first-order valence-corrected chi connectivity index (χ1v) is 2.94. The molecule has 0 aliphatic rings. The van der Waals surface area contributed by atoms with Gasteiger partial charge >= 0.3 is 0 Å². The number of rotatable bonds is 0. The van der Waals surface area contributed by atoms with Gasteiger partial charge in [-0.25, -0.2) is 4.98 Å². The summed E-state index contributed by atoms with van der Waals surface area (Å²) in [4.78, 5) is 6.42. The van der Waals surface area contributed by atoms with E-state index in [-0.39, 0.29) is 0 Å². The third-order valence-corrected chi connectivity index (χ3v) is 0.406. The zero-order valence-corrected chi connectivity index (χ0v) is 5.52. The van der Waals surface area contributed by atoms with Crippen molar-refractivity contribution in [2.24, 2.45) is 0 Å². The molecule has 0 saturated carbocycles. The van der Waals surface area contributed by atoms with Gasteiger partial charge in [0.05, 0.1) is 6.33 Å². The van der Waals surface area contributed by atoms with E-state index < -0.39 is 0 Å². The van der Waals surface area contributed by atoms with Crippen LogP contribution in [-0.4, -0.2) is 15.8 Å². The molecule has 0 amide bonds. The van der Waals surface area contributed by atoms with E-state index in [1.54, 1.807) is 18.7 Å². The second kappa shape index (κ2) is 6.50. The summed E-state index contributed by atoms with van der Waals surface area (Å²) in [7, 11) is 0. The molecule has 1 rings (SSSR count). The van der Waals surface area contributed by atoms with Crippen molar-refractivity contribution in [3.63, 3.8) is 0 Å². The topological polar surface area (TPSA) is 28.7 Å². The minimum Gasteiger partial charge on any atom is -0.351 e. The van der Waals surface area contributed by atoms with E-state index in [4.69, 9.17) is 11.6 Å². The van der Waals surface area contributed by atoms with Crippen LogP contribution in [0.1, 0.15) is 6.92 Å². The minimum atomic E-state index is 0.722. The molecular formula is C5H9ClN2. The number of hydrogen-bond acceptors (Lipinski definition) is 1. The Morgan fingerprint density at radius 1 is 1.75 bits per heavy atom. The normalized spacial score (nSPS) is 7.25. The van der Waals surface area contributed by atoms with Crippen molar-refractivity contribution in [2.45, 2.75) is 6.92 Å². The van der Waals surface area contributed by atoms with Crippen molar-refractivity contribution in [1.29, 1.82) is 0 Å². The van der Waals surface area contributed by atoms with Crippen molar-refractivity contribution >= 4 is 11.6 Å². The monoisotopic (exact) mass is 132 g/mol. The summed E-state index contributed by atoms with van der Waals surface area (Å²) in [5, 5.41) is 0. The second-order valence-corrected chi connectivity index (χ2v) is 1.56. The quantitative estimate of drug-likeness (QED) is 0.535. The van der Waals surface area contributed by atoms with Crippen molar-refractivity contribution in [3.8, 4) is 0 Å². The van der Waals surface area contributed by atoms with E-state index in [2.05, 4.69) is 9.97 Å². The van der Waals surface area contributed by atoms with E-state index in [0.29, 0.717) is 0 Å². The number of nitrogens with zero attached hydrogens (tertiary/aromatic N) is 1. The zero-order chi connectivity index (χ0) is 6.24. The van der Waals surface area contributed by atoms with E-state index in [9.17, 15) is 0 Å². The third-order valence-electron chi connectivity index (χ3n) is 0.406. The highest BCUT2D eigenvalue weighted by Gasteiger charge is 1.56. The van der Waals surface area contributed by atoms with Gasteiger partial charge in [0.2, 0.25) is 0 Å². The number of hydrogen-bond donors (Lipinski definition) is 1. The molecule has 1 heterocycles. The van der Waals surface area contributed by atoms with E-state index in [1.165, 1.54) is 0 Å². The fourth-order valence-corrected chi connectivity index (χ4v) is 0.215. The Morgan fingerprint density at radius 3 is 2.50 bits per heavy atom. The fraction of sp³-hybridized carbons (Fsp3) is 0.400. The molecule has 0 bridgehead atoms. The smallest absolute Gasteiger partial charge is 0.0919 e. The predicted octanol–water partition coefficient (Wildman–Crippen LogP) is 1.65. The van der Waals surface area contributed by atoms with Crippen LogP contribution in [0.3, 0.4) is 0 Å². The number of imidazole rings is 1. The van der Waals surface area contributed by atoms with Gasteiger partial charge in [-0.3, -0.25) is 0 Å². The fourth-order valence-electron chi connectivity index (χ4n) is 0.215. The Kier molecular flexibility index (Phi) is 6.09. The van der Waals surface area contributed by atoms with Gasteiger partial charge in [0.15, 0.2) is 0 Å². The first-order valence-electron chi connectivity index (χ1n) is 2.40. The Labute approximate surface area is 53.9 Å². The van der Waals surface area contributed by atoms with Crippen LogP contribution in [0, 0.1) is 0 Å². The Balaban J connectivity index is 0.000000145.